The van der Waals surface area contributed by atoms with Crippen molar-refractivity contribution >= 4 is 38.9 Å². The van der Waals surface area contributed by atoms with Crippen LogP contribution in [-0.2, 0) is 6.54 Å². The van der Waals surface area contributed by atoms with Crippen LogP contribution in [0.2, 0.25) is 0 Å². The molecular weight excluding hydrogens is 302 g/mol. The van der Waals surface area contributed by atoms with Gasteiger partial charge in [-0.1, -0.05) is 15.9 Å². The van der Waals surface area contributed by atoms with E-state index in [-0.39, 0.29) is 5.91 Å². The number of aromatic nitrogens is 1. The number of nitrogens with two attached hydrogens (primary N) is 1. The predicted molar refractivity (Wildman–Crippen MR) is 72.1 cm³/mol. The number of hydrogen-bond acceptors (Lipinski definition) is 4. The Balaban J connectivity index is 2.08. The molecule has 1 aromatic carbocycles. The lowest BCUT2D eigenvalue weighted by atomic mass is 10.3. The highest BCUT2D eigenvalue weighted by molar-refractivity contribution is 9.10. The van der Waals surface area contributed by atoms with E-state index in [1.807, 2.05) is 24.3 Å². The molecule has 0 saturated heterocycles. The van der Waals surface area contributed by atoms with Gasteiger partial charge in [0.15, 0.2) is 0 Å². The minimum absolute atomic E-state index is 0.219. The first-order valence-corrected chi connectivity index (χ1v) is 6.57. The summed E-state index contributed by atoms with van der Waals surface area (Å²) in [5.41, 5.74) is 6.58. The summed E-state index contributed by atoms with van der Waals surface area (Å²) in [5, 5.41) is 5.23. The van der Waals surface area contributed by atoms with E-state index in [1.165, 1.54) is 11.3 Å². The molecule has 17 heavy (non-hydrogen) atoms. The normalized spacial score (nSPS) is 10.2. The third kappa shape index (κ3) is 3.12. The first-order chi connectivity index (χ1) is 8.19. The molecule has 4 nitrogen and oxygen atoms in total. The molecule has 0 aliphatic heterocycles. The number of thiazole rings is 1. The van der Waals surface area contributed by atoms with Crippen LogP contribution >= 0.6 is 27.3 Å². The fraction of sp³-hybridized carbons (Fsp3) is 0.0909. The average Bonchev–Trinajstić information content (AvgIpc) is 2.81. The van der Waals surface area contributed by atoms with Crippen molar-refractivity contribution in [2.24, 2.45) is 5.73 Å². The van der Waals surface area contributed by atoms with Crippen LogP contribution in [0.25, 0.3) is 0 Å². The van der Waals surface area contributed by atoms with Crippen LogP contribution in [0, 0.1) is 0 Å². The number of carbonyl (C=O) groups is 1. The van der Waals surface area contributed by atoms with E-state index in [0.29, 0.717) is 12.2 Å². The van der Waals surface area contributed by atoms with Gasteiger partial charge in [-0.05, 0) is 24.3 Å². The standard InChI is InChI=1S/C11H10BrN3OS/c12-7-1-3-8(4-2-7)14-11(16)9-6-17-10(5-13)15-9/h1-4,6H,5,13H2,(H,14,16). The zero-order chi connectivity index (χ0) is 12.3. The number of carbonyl (C=O) groups excluding carboxylic acids is 1. The first kappa shape index (κ1) is 12.2. The Bertz CT molecular complexity index is 524. The van der Waals surface area contributed by atoms with E-state index < -0.39 is 0 Å². The molecule has 0 fully saturated rings. The lowest BCUT2D eigenvalue weighted by molar-refractivity contribution is 0.102. The molecular formula is C11H10BrN3OS. The van der Waals surface area contributed by atoms with Crippen LogP contribution in [0.15, 0.2) is 34.1 Å². The Morgan fingerprint density at radius 3 is 2.71 bits per heavy atom. The Hall–Kier alpha value is -1.24. The Kier molecular flexibility index (Phi) is 3.88. The summed E-state index contributed by atoms with van der Waals surface area (Å²) in [7, 11) is 0. The molecule has 3 N–H and O–H groups in total. The van der Waals surface area contributed by atoms with E-state index in [1.54, 1.807) is 5.38 Å². The van der Waals surface area contributed by atoms with Crippen molar-refractivity contribution < 1.29 is 4.79 Å². The summed E-state index contributed by atoms with van der Waals surface area (Å²) in [4.78, 5) is 15.9. The van der Waals surface area contributed by atoms with Gasteiger partial charge in [0, 0.05) is 22.1 Å². The molecule has 0 saturated carbocycles. The Morgan fingerprint density at radius 1 is 1.41 bits per heavy atom. The molecule has 1 amide bonds. The second kappa shape index (κ2) is 5.39. The van der Waals surface area contributed by atoms with Crippen molar-refractivity contribution in [1.29, 1.82) is 0 Å². The highest BCUT2D eigenvalue weighted by Gasteiger charge is 2.10. The number of amides is 1. The minimum Gasteiger partial charge on any atom is -0.325 e. The van der Waals surface area contributed by atoms with Crippen molar-refractivity contribution in [2.45, 2.75) is 6.54 Å². The van der Waals surface area contributed by atoms with Crippen molar-refractivity contribution in [3.8, 4) is 0 Å². The van der Waals surface area contributed by atoms with Gasteiger partial charge >= 0.3 is 0 Å². The van der Waals surface area contributed by atoms with Crippen molar-refractivity contribution in [3.63, 3.8) is 0 Å². The van der Waals surface area contributed by atoms with Crippen molar-refractivity contribution in [3.05, 3.63) is 44.8 Å². The number of nitrogens with zero attached hydrogens (tertiary/aromatic N) is 1. The number of rotatable bonds is 3. The van der Waals surface area contributed by atoms with Crippen LogP contribution < -0.4 is 11.1 Å². The molecule has 1 aromatic heterocycles. The van der Waals surface area contributed by atoms with Gasteiger partial charge in [-0.25, -0.2) is 4.98 Å². The molecule has 2 aromatic rings. The zero-order valence-corrected chi connectivity index (χ0v) is 11.2. The van der Waals surface area contributed by atoms with Gasteiger partial charge in [-0.15, -0.1) is 11.3 Å². The van der Waals surface area contributed by atoms with Crippen LogP contribution in [0.5, 0.6) is 0 Å². The molecule has 0 aliphatic rings. The molecule has 0 spiro atoms. The number of nitrogens with one attached hydrogen (secondary N) is 1. The maximum absolute atomic E-state index is 11.8. The highest BCUT2D eigenvalue weighted by atomic mass is 79.9. The molecule has 0 atom stereocenters. The molecule has 2 rings (SSSR count). The second-order valence-corrected chi connectivity index (χ2v) is 5.15. The van der Waals surface area contributed by atoms with Crippen molar-refractivity contribution in [1.82, 2.24) is 4.98 Å². The lowest BCUT2D eigenvalue weighted by Gasteiger charge is -2.02. The number of benzene rings is 1. The predicted octanol–water partition coefficient (Wildman–Crippen LogP) is 2.62. The van der Waals surface area contributed by atoms with E-state index in [0.717, 1.165) is 15.2 Å². The van der Waals surface area contributed by atoms with E-state index >= 15 is 0 Å². The summed E-state index contributed by atoms with van der Waals surface area (Å²) in [6.07, 6.45) is 0. The molecule has 0 radical (unpaired) electrons. The van der Waals surface area contributed by atoms with Gasteiger partial charge in [0.05, 0.1) is 0 Å². The maximum atomic E-state index is 11.8. The topological polar surface area (TPSA) is 68.0 Å². The summed E-state index contributed by atoms with van der Waals surface area (Å²) in [6.45, 7) is 0.357. The van der Waals surface area contributed by atoms with E-state index in [2.05, 4.69) is 26.2 Å². The average molecular weight is 312 g/mol. The molecule has 0 bridgehead atoms. The molecule has 0 aliphatic carbocycles. The van der Waals surface area contributed by atoms with Gasteiger partial charge < -0.3 is 11.1 Å². The van der Waals surface area contributed by atoms with Crippen LogP contribution in [0.4, 0.5) is 5.69 Å². The van der Waals surface area contributed by atoms with E-state index in [9.17, 15) is 4.79 Å². The number of anilines is 1. The maximum Gasteiger partial charge on any atom is 0.275 e. The molecule has 88 valence electrons. The smallest absolute Gasteiger partial charge is 0.275 e. The van der Waals surface area contributed by atoms with Crippen LogP contribution in [0.3, 0.4) is 0 Å². The highest BCUT2D eigenvalue weighted by Crippen LogP contribution is 2.16. The summed E-state index contributed by atoms with van der Waals surface area (Å²) < 4.78 is 0.967. The SMILES string of the molecule is NCc1nc(C(=O)Nc2ccc(Br)cc2)cs1. The minimum atomic E-state index is -0.219. The van der Waals surface area contributed by atoms with Gasteiger partial charge in [-0.3, -0.25) is 4.79 Å². The largest absolute Gasteiger partial charge is 0.325 e. The summed E-state index contributed by atoms with van der Waals surface area (Å²) in [5.74, 6) is -0.219. The van der Waals surface area contributed by atoms with Gasteiger partial charge in [0.1, 0.15) is 10.7 Å². The lowest BCUT2D eigenvalue weighted by Crippen LogP contribution is -2.12. The van der Waals surface area contributed by atoms with Crippen LogP contribution in [-0.4, -0.2) is 10.9 Å². The Morgan fingerprint density at radius 2 is 2.12 bits per heavy atom. The number of hydrogen-bond donors (Lipinski definition) is 2. The fourth-order valence-electron chi connectivity index (χ4n) is 1.24. The molecule has 6 heteroatoms. The number of halogens is 1. The van der Waals surface area contributed by atoms with Gasteiger partial charge in [0.2, 0.25) is 0 Å². The summed E-state index contributed by atoms with van der Waals surface area (Å²) in [6, 6.07) is 7.36. The monoisotopic (exact) mass is 311 g/mol. The quantitative estimate of drug-likeness (QED) is 0.915. The van der Waals surface area contributed by atoms with Gasteiger partial charge in [0.25, 0.3) is 5.91 Å². The van der Waals surface area contributed by atoms with Crippen molar-refractivity contribution in [2.75, 3.05) is 5.32 Å². The van der Waals surface area contributed by atoms with Crippen LogP contribution in [0.1, 0.15) is 15.5 Å². The fourth-order valence-corrected chi connectivity index (χ4v) is 2.16. The second-order valence-electron chi connectivity index (χ2n) is 3.29. The summed E-state index contributed by atoms with van der Waals surface area (Å²) >= 11 is 4.72. The van der Waals surface area contributed by atoms with Gasteiger partial charge in [-0.2, -0.15) is 0 Å². The molecule has 1 heterocycles. The third-order valence-electron chi connectivity index (χ3n) is 2.06. The third-order valence-corrected chi connectivity index (χ3v) is 3.46. The first-order valence-electron chi connectivity index (χ1n) is 4.90. The molecule has 0 unspecified atom stereocenters. The Labute approximate surface area is 111 Å². The van der Waals surface area contributed by atoms with E-state index in [4.69, 9.17) is 5.73 Å². The zero-order valence-electron chi connectivity index (χ0n) is 8.81.